The van der Waals surface area contributed by atoms with Crippen LogP contribution >= 0.6 is 11.8 Å². The van der Waals surface area contributed by atoms with Crippen LogP contribution in [0.5, 0.6) is 0 Å². The Morgan fingerprint density at radius 3 is 2.53 bits per heavy atom. The summed E-state index contributed by atoms with van der Waals surface area (Å²) in [6.45, 7) is 11.0. The van der Waals surface area contributed by atoms with Crippen LogP contribution < -0.4 is 5.32 Å². The lowest BCUT2D eigenvalue weighted by atomic mass is 10.1. The SMILES string of the molecule is C=CC.C=CC.CSc1ncc(C=O)c(NCc2nc3ccc(CCO)cc3[nH]2)n1. The molecule has 8 heteroatoms. The number of allylic oxidation sites excluding steroid dienone is 2. The van der Waals surface area contributed by atoms with Crippen molar-refractivity contribution in [1.82, 2.24) is 19.9 Å². The molecule has 7 nitrogen and oxygen atoms in total. The number of nitrogens with zero attached hydrogens (tertiary/aromatic N) is 3. The van der Waals surface area contributed by atoms with Gasteiger partial charge in [0.1, 0.15) is 11.6 Å². The van der Waals surface area contributed by atoms with Crippen molar-refractivity contribution in [3.05, 3.63) is 66.7 Å². The number of carbonyl (C=O) groups excluding carboxylic acids is 1. The van der Waals surface area contributed by atoms with E-state index >= 15 is 0 Å². The monoisotopic (exact) mass is 427 g/mol. The maximum atomic E-state index is 11.1. The van der Waals surface area contributed by atoms with Crippen LogP contribution in [0, 0.1) is 0 Å². The van der Waals surface area contributed by atoms with Crippen LogP contribution in [0.1, 0.15) is 35.6 Å². The second-order valence-electron chi connectivity index (χ2n) is 5.96. The molecule has 160 valence electrons. The Kier molecular flexibility index (Phi) is 11.8. The van der Waals surface area contributed by atoms with Gasteiger partial charge in [-0.1, -0.05) is 30.0 Å². The molecule has 0 spiro atoms. The topological polar surface area (TPSA) is 104 Å². The molecule has 0 saturated heterocycles. The average molecular weight is 428 g/mol. The predicted molar refractivity (Wildman–Crippen MR) is 125 cm³/mol. The highest BCUT2D eigenvalue weighted by Gasteiger charge is 2.08. The standard InChI is InChI=1S/C16H17N5O2S.2C3H6/c1-24-16-18-7-11(9-23)15(21-16)17-8-14-19-12-3-2-10(4-5-22)6-13(12)20-14;2*1-3-2/h2-3,6-7,9,22H,4-5,8H2,1H3,(H,19,20)(H,17,18,21);2*3H,1H2,2H3. The number of H-pyrrole nitrogens is 1. The summed E-state index contributed by atoms with van der Waals surface area (Å²) in [6, 6.07) is 5.86. The highest BCUT2D eigenvalue weighted by atomic mass is 32.2. The second-order valence-corrected chi connectivity index (χ2v) is 6.73. The number of hydrogen-bond acceptors (Lipinski definition) is 7. The van der Waals surface area contributed by atoms with Gasteiger partial charge in [0, 0.05) is 12.8 Å². The van der Waals surface area contributed by atoms with Crippen molar-refractivity contribution >= 4 is 34.9 Å². The number of anilines is 1. The van der Waals surface area contributed by atoms with Crippen molar-refractivity contribution in [3.63, 3.8) is 0 Å². The summed E-state index contributed by atoms with van der Waals surface area (Å²) in [5.41, 5.74) is 3.24. The Labute approximate surface area is 181 Å². The molecule has 3 N–H and O–H groups in total. The first-order valence-electron chi connectivity index (χ1n) is 9.39. The van der Waals surface area contributed by atoms with Gasteiger partial charge < -0.3 is 15.4 Å². The van der Waals surface area contributed by atoms with Crippen LogP contribution in [0.3, 0.4) is 0 Å². The van der Waals surface area contributed by atoms with Gasteiger partial charge in [0.05, 0.1) is 23.1 Å². The van der Waals surface area contributed by atoms with Crippen LogP contribution in [-0.2, 0) is 13.0 Å². The molecule has 0 bridgehead atoms. The summed E-state index contributed by atoms with van der Waals surface area (Å²) in [5, 5.41) is 12.7. The van der Waals surface area contributed by atoms with Crippen LogP contribution in [0.4, 0.5) is 5.82 Å². The third kappa shape index (κ3) is 7.81. The molecule has 0 radical (unpaired) electrons. The summed E-state index contributed by atoms with van der Waals surface area (Å²) in [4.78, 5) is 27.2. The van der Waals surface area contributed by atoms with Gasteiger partial charge in [-0.15, -0.1) is 13.2 Å². The lowest BCUT2D eigenvalue weighted by Crippen LogP contribution is -2.07. The number of thioether (sulfide) groups is 1. The van der Waals surface area contributed by atoms with E-state index in [1.54, 1.807) is 12.2 Å². The van der Waals surface area contributed by atoms with E-state index in [4.69, 9.17) is 5.11 Å². The number of aromatic nitrogens is 4. The molecule has 0 amide bonds. The Bertz CT molecular complexity index is 950. The Balaban J connectivity index is 0.000000672. The lowest BCUT2D eigenvalue weighted by Gasteiger charge is -2.06. The van der Waals surface area contributed by atoms with Gasteiger partial charge in [0.2, 0.25) is 0 Å². The summed E-state index contributed by atoms with van der Waals surface area (Å²) >= 11 is 1.41. The van der Waals surface area contributed by atoms with Crippen LogP contribution in [-0.4, -0.2) is 44.2 Å². The van der Waals surface area contributed by atoms with Crippen molar-refractivity contribution in [2.45, 2.75) is 32.0 Å². The fraction of sp³-hybridized carbons (Fsp3) is 0.273. The van der Waals surface area contributed by atoms with E-state index in [1.807, 2.05) is 38.3 Å². The highest BCUT2D eigenvalue weighted by Crippen LogP contribution is 2.17. The Morgan fingerprint density at radius 1 is 1.23 bits per heavy atom. The van der Waals surface area contributed by atoms with Gasteiger partial charge in [-0.05, 0) is 44.2 Å². The van der Waals surface area contributed by atoms with E-state index in [1.165, 1.54) is 18.0 Å². The van der Waals surface area contributed by atoms with Gasteiger partial charge in [-0.25, -0.2) is 15.0 Å². The molecule has 0 unspecified atom stereocenters. The number of carbonyl (C=O) groups is 1. The first-order chi connectivity index (χ1) is 14.6. The Morgan fingerprint density at radius 2 is 1.93 bits per heavy atom. The quantitative estimate of drug-likeness (QED) is 0.222. The van der Waals surface area contributed by atoms with Crippen molar-refractivity contribution in [3.8, 4) is 0 Å². The number of benzene rings is 1. The molecule has 30 heavy (non-hydrogen) atoms. The first-order valence-corrected chi connectivity index (χ1v) is 10.6. The first kappa shape index (κ1) is 25.1. The van der Waals surface area contributed by atoms with E-state index < -0.39 is 0 Å². The van der Waals surface area contributed by atoms with Crippen LogP contribution in [0.2, 0.25) is 0 Å². The van der Waals surface area contributed by atoms with Crippen molar-refractivity contribution in [2.75, 3.05) is 18.2 Å². The second kappa shape index (κ2) is 14.1. The number of rotatable bonds is 7. The highest BCUT2D eigenvalue weighted by molar-refractivity contribution is 7.98. The summed E-state index contributed by atoms with van der Waals surface area (Å²) in [5.74, 6) is 1.23. The molecule has 3 rings (SSSR count). The normalized spacial score (nSPS) is 9.60. The zero-order valence-electron chi connectivity index (χ0n) is 17.7. The molecule has 0 aliphatic heterocycles. The van der Waals surface area contributed by atoms with E-state index in [2.05, 4.69) is 38.4 Å². The molecular formula is C22H29N5O2S. The van der Waals surface area contributed by atoms with Crippen molar-refractivity contribution in [2.24, 2.45) is 0 Å². The van der Waals surface area contributed by atoms with Crippen molar-refractivity contribution in [1.29, 1.82) is 0 Å². The number of hydrogen-bond donors (Lipinski definition) is 3. The minimum absolute atomic E-state index is 0.119. The fourth-order valence-electron chi connectivity index (χ4n) is 2.35. The van der Waals surface area contributed by atoms with Gasteiger partial charge in [-0.3, -0.25) is 4.79 Å². The maximum Gasteiger partial charge on any atom is 0.189 e. The van der Waals surface area contributed by atoms with E-state index in [9.17, 15) is 4.79 Å². The van der Waals surface area contributed by atoms with E-state index in [0.717, 1.165) is 28.7 Å². The molecule has 0 fully saturated rings. The lowest BCUT2D eigenvalue weighted by molar-refractivity contribution is 0.112. The molecule has 0 aliphatic rings. The zero-order valence-corrected chi connectivity index (χ0v) is 18.5. The summed E-state index contributed by atoms with van der Waals surface area (Å²) < 4.78 is 0. The zero-order chi connectivity index (χ0) is 22.4. The van der Waals surface area contributed by atoms with Gasteiger partial charge >= 0.3 is 0 Å². The van der Waals surface area contributed by atoms with Gasteiger partial charge in [0.25, 0.3) is 0 Å². The number of aldehydes is 1. The Hall–Kier alpha value is -2.97. The van der Waals surface area contributed by atoms with Crippen LogP contribution in [0.15, 0.2) is 54.9 Å². The summed E-state index contributed by atoms with van der Waals surface area (Å²) in [7, 11) is 0. The third-order valence-electron chi connectivity index (χ3n) is 3.52. The third-order valence-corrected chi connectivity index (χ3v) is 4.09. The molecule has 0 atom stereocenters. The van der Waals surface area contributed by atoms with Gasteiger partial charge in [0.15, 0.2) is 11.4 Å². The number of nitrogens with one attached hydrogen (secondary N) is 2. The number of fused-ring (bicyclic) bond motifs is 1. The number of aromatic amines is 1. The number of imidazole rings is 1. The smallest absolute Gasteiger partial charge is 0.189 e. The fourth-order valence-corrected chi connectivity index (χ4v) is 2.69. The number of aliphatic hydroxyl groups excluding tert-OH is 1. The molecule has 1 aromatic carbocycles. The summed E-state index contributed by atoms with van der Waals surface area (Å²) in [6.07, 6.45) is 8.23. The molecule has 2 aromatic heterocycles. The average Bonchev–Trinajstić information content (AvgIpc) is 3.15. The molecule has 3 aromatic rings. The van der Waals surface area contributed by atoms with E-state index in [-0.39, 0.29) is 6.61 Å². The number of aliphatic hydroxyl groups is 1. The molecular weight excluding hydrogens is 398 g/mol. The molecule has 0 saturated carbocycles. The van der Waals surface area contributed by atoms with Crippen molar-refractivity contribution < 1.29 is 9.90 Å². The minimum Gasteiger partial charge on any atom is -0.396 e. The minimum atomic E-state index is 0.119. The largest absolute Gasteiger partial charge is 0.396 e. The van der Waals surface area contributed by atoms with Gasteiger partial charge in [-0.2, -0.15) is 0 Å². The maximum absolute atomic E-state index is 11.1. The predicted octanol–water partition coefficient (Wildman–Crippen LogP) is 4.42. The molecule has 2 heterocycles. The van der Waals surface area contributed by atoms with E-state index in [0.29, 0.717) is 29.5 Å². The molecule has 0 aliphatic carbocycles. The van der Waals surface area contributed by atoms with Crippen LogP contribution in [0.25, 0.3) is 11.0 Å².